The van der Waals surface area contributed by atoms with Gasteiger partial charge in [-0.25, -0.2) is 9.78 Å². The Bertz CT molecular complexity index is 605. The Kier molecular flexibility index (Phi) is 2.91. The molecule has 0 aliphatic heterocycles. The summed E-state index contributed by atoms with van der Waals surface area (Å²) in [6.45, 7) is 0.372. The maximum absolute atomic E-state index is 11.0. The minimum Gasteiger partial charge on any atom is -0.478 e. The Balaban J connectivity index is 1.69. The van der Waals surface area contributed by atoms with E-state index in [1.807, 2.05) is 6.07 Å². The van der Waals surface area contributed by atoms with Gasteiger partial charge in [-0.15, -0.1) is 0 Å². The minimum atomic E-state index is -1.01. The molecule has 2 N–H and O–H groups in total. The van der Waals surface area contributed by atoms with Gasteiger partial charge in [0.05, 0.1) is 12.2 Å². The number of aromatic carboxylic acids is 1. The molecule has 2 heterocycles. The molecular weight excluding hydrogens is 246 g/mol. The topological polar surface area (TPSA) is 88.2 Å². The number of nitrogens with one attached hydrogen (secondary N) is 1. The van der Waals surface area contributed by atoms with Gasteiger partial charge >= 0.3 is 5.97 Å². The van der Waals surface area contributed by atoms with Crippen LogP contribution >= 0.6 is 0 Å². The molecule has 0 radical (unpaired) electrons. The first-order valence-corrected chi connectivity index (χ1v) is 6.11. The predicted octanol–water partition coefficient (Wildman–Crippen LogP) is 2.26. The van der Waals surface area contributed by atoms with Crippen molar-refractivity contribution in [2.75, 3.05) is 5.32 Å². The molecule has 1 fully saturated rings. The van der Waals surface area contributed by atoms with Gasteiger partial charge in [-0.1, -0.05) is 5.16 Å². The van der Waals surface area contributed by atoms with Crippen molar-refractivity contribution < 1.29 is 14.4 Å². The van der Waals surface area contributed by atoms with Gasteiger partial charge in [-0.2, -0.15) is 0 Å². The fraction of sp³-hybridized carbons (Fsp3) is 0.308. The number of anilines is 1. The monoisotopic (exact) mass is 259 g/mol. The molecule has 0 spiro atoms. The van der Waals surface area contributed by atoms with E-state index in [9.17, 15) is 4.79 Å². The fourth-order valence-electron chi connectivity index (χ4n) is 1.87. The molecule has 1 aliphatic carbocycles. The molecule has 0 saturated heterocycles. The second-order valence-electron chi connectivity index (χ2n) is 4.55. The largest absolute Gasteiger partial charge is 0.478 e. The van der Waals surface area contributed by atoms with Crippen LogP contribution < -0.4 is 5.32 Å². The van der Waals surface area contributed by atoms with E-state index in [0.717, 1.165) is 5.69 Å². The quantitative estimate of drug-likeness (QED) is 0.856. The maximum Gasteiger partial charge on any atom is 0.339 e. The molecule has 0 bridgehead atoms. The van der Waals surface area contributed by atoms with Gasteiger partial charge in [-0.05, 0) is 25.0 Å². The molecule has 19 heavy (non-hydrogen) atoms. The van der Waals surface area contributed by atoms with Gasteiger partial charge in [-0.3, -0.25) is 0 Å². The first-order valence-electron chi connectivity index (χ1n) is 6.11. The highest BCUT2D eigenvalue weighted by Gasteiger charge is 2.27. The normalized spacial score (nSPS) is 14.3. The van der Waals surface area contributed by atoms with Crippen LogP contribution in [0.3, 0.4) is 0 Å². The van der Waals surface area contributed by atoms with Gasteiger partial charge in [0.15, 0.2) is 5.76 Å². The van der Waals surface area contributed by atoms with Crippen molar-refractivity contribution in [1.82, 2.24) is 10.1 Å². The SMILES string of the molecule is O=C(O)c1cccnc1NCc1cc(C2CC2)no1. The first kappa shape index (κ1) is 11.7. The number of carboxylic acid groups (broad SMARTS) is 1. The smallest absolute Gasteiger partial charge is 0.339 e. The summed E-state index contributed by atoms with van der Waals surface area (Å²) in [5, 5.41) is 16.0. The molecule has 1 aliphatic rings. The van der Waals surface area contributed by atoms with Crippen molar-refractivity contribution in [3.63, 3.8) is 0 Å². The zero-order valence-corrected chi connectivity index (χ0v) is 10.2. The number of aromatic nitrogens is 2. The third-order valence-corrected chi connectivity index (χ3v) is 3.04. The highest BCUT2D eigenvalue weighted by molar-refractivity contribution is 5.92. The summed E-state index contributed by atoms with van der Waals surface area (Å²) in [4.78, 5) is 15.0. The summed E-state index contributed by atoms with van der Waals surface area (Å²) in [6.07, 6.45) is 3.89. The number of pyridine rings is 1. The predicted molar refractivity (Wildman–Crippen MR) is 67.0 cm³/mol. The van der Waals surface area contributed by atoms with E-state index in [2.05, 4.69) is 15.5 Å². The lowest BCUT2D eigenvalue weighted by Crippen LogP contribution is -2.07. The van der Waals surface area contributed by atoms with Crippen LogP contribution in [0.15, 0.2) is 28.9 Å². The average molecular weight is 259 g/mol. The lowest BCUT2D eigenvalue weighted by Gasteiger charge is -2.05. The number of hydrogen-bond donors (Lipinski definition) is 2. The second kappa shape index (κ2) is 4.72. The van der Waals surface area contributed by atoms with Gasteiger partial charge in [0.2, 0.25) is 0 Å². The molecule has 2 aromatic rings. The van der Waals surface area contributed by atoms with Crippen LogP contribution in [-0.2, 0) is 6.54 Å². The number of hydrogen-bond acceptors (Lipinski definition) is 5. The Labute approximate surface area is 109 Å². The molecule has 6 heteroatoms. The molecule has 2 aromatic heterocycles. The summed E-state index contributed by atoms with van der Waals surface area (Å²) in [7, 11) is 0. The van der Waals surface area contributed by atoms with Crippen LogP contribution in [0.1, 0.15) is 40.6 Å². The Morgan fingerprint density at radius 1 is 1.53 bits per heavy atom. The maximum atomic E-state index is 11.0. The van der Waals surface area contributed by atoms with E-state index in [1.165, 1.54) is 18.9 Å². The lowest BCUT2D eigenvalue weighted by atomic mass is 10.2. The van der Waals surface area contributed by atoms with Crippen LogP contribution in [0.4, 0.5) is 5.82 Å². The van der Waals surface area contributed by atoms with Crippen molar-refractivity contribution in [2.45, 2.75) is 25.3 Å². The number of carboxylic acids is 1. The first-order chi connectivity index (χ1) is 9.24. The number of nitrogens with zero attached hydrogens (tertiary/aromatic N) is 2. The molecule has 0 aromatic carbocycles. The molecule has 0 unspecified atom stereocenters. The van der Waals surface area contributed by atoms with E-state index < -0.39 is 5.97 Å². The highest BCUT2D eigenvalue weighted by Crippen LogP contribution is 2.39. The molecule has 1 saturated carbocycles. The Hall–Kier alpha value is -2.37. The van der Waals surface area contributed by atoms with E-state index in [4.69, 9.17) is 9.63 Å². The molecule has 98 valence electrons. The highest BCUT2D eigenvalue weighted by atomic mass is 16.5. The molecule has 0 atom stereocenters. The van der Waals surface area contributed by atoms with E-state index >= 15 is 0 Å². The second-order valence-corrected chi connectivity index (χ2v) is 4.55. The summed E-state index contributed by atoms with van der Waals surface area (Å²) in [5.41, 5.74) is 1.13. The van der Waals surface area contributed by atoms with Gasteiger partial charge in [0, 0.05) is 18.2 Å². The van der Waals surface area contributed by atoms with Crippen molar-refractivity contribution in [2.24, 2.45) is 0 Å². The zero-order chi connectivity index (χ0) is 13.2. The molecule has 6 nitrogen and oxygen atoms in total. The molecule has 3 rings (SSSR count). The lowest BCUT2D eigenvalue weighted by molar-refractivity contribution is 0.0697. The summed E-state index contributed by atoms with van der Waals surface area (Å²) >= 11 is 0. The van der Waals surface area contributed by atoms with E-state index in [0.29, 0.717) is 24.0 Å². The number of rotatable bonds is 5. The van der Waals surface area contributed by atoms with Crippen molar-refractivity contribution >= 4 is 11.8 Å². The van der Waals surface area contributed by atoms with Crippen LogP contribution in [0.5, 0.6) is 0 Å². The standard InChI is InChI=1S/C13H13N3O3/c17-13(18)10-2-1-5-14-12(10)15-7-9-6-11(16-19-9)8-3-4-8/h1-2,5-6,8H,3-4,7H2,(H,14,15)(H,17,18). The Morgan fingerprint density at radius 3 is 3.11 bits per heavy atom. The zero-order valence-electron chi connectivity index (χ0n) is 10.2. The molecular formula is C13H13N3O3. The van der Waals surface area contributed by atoms with Crippen molar-refractivity contribution in [3.05, 3.63) is 41.4 Å². The van der Waals surface area contributed by atoms with Crippen LogP contribution in [0.2, 0.25) is 0 Å². The third kappa shape index (κ3) is 2.57. The van der Waals surface area contributed by atoms with Crippen molar-refractivity contribution in [1.29, 1.82) is 0 Å². The third-order valence-electron chi connectivity index (χ3n) is 3.04. The average Bonchev–Trinajstić information content (AvgIpc) is 3.16. The van der Waals surface area contributed by atoms with Gasteiger partial charge in [0.1, 0.15) is 11.4 Å². The summed E-state index contributed by atoms with van der Waals surface area (Å²) in [5.74, 6) is 0.553. The van der Waals surface area contributed by atoms with E-state index in [-0.39, 0.29) is 5.56 Å². The van der Waals surface area contributed by atoms with Crippen molar-refractivity contribution in [3.8, 4) is 0 Å². The fourth-order valence-corrected chi connectivity index (χ4v) is 1.87. The van der Waals surface area contributed by atoms with E-state index in [1.54, 1.807) is 12.3 Å². The van der Waals surface area contributed by atoms with Gasteiger partial charge < -0.3 is 14.9 Å². The van der Waals surface area contributed by atoms with Crippen LogP contribution in [-0.4, -0.2) is 21.2 Å². The minimum absolute atomic E-state index is 0.143. The van der Waals surface area contributed by atoms with Crippen LogP contribution in [0, 0.1) is 0 Å². The summed E-state index contributed by atoms with van der Waals surface area (Å²) < 4.78 is 5.20. The summed E-state index contributed by atoms with van der Waals surface area (Å²) in [6, 6.07) is 5.01. The number of carbonyl (C=O) groups is 1. The van der Waals surface area contributed by atoms with Gasteiger partial charge in [0.25, 0.3) is 0 Å². The molecule has 0 amide bonds. The van der Waals surface area contributed by atoms with Crippen LogP contribution in [0.25, 0.3) is 0 Å². The Morgan fingerprint density at radius 2 is 2.37 bits per heavy atom.